The Labute approximate surface area is 88.3 Å². The van der Waals surface area contributed by atoms with E-state index in [0.717, 1.165) is 6.42 Å². The molecule has 0 aromatic carbocycles. The summed E-state index contributed by atoms with van der Waals surface area (Å²) in [6.07, 6.45) is 0.869. The third-order valence-electron chi connectivity index (χ3n) is 3.54. The number of halogens is 1. The van der Waals surface area contributed by atoms with E-state index >= 15 is 0 Å². The molecule has 1 aliphatic heterocycles. The molecule has 1 heterocycles. The lowest BCUT2D eigenvalue weighted by Crippen LogP contribution is -2.56. The molecular formula is C10H17FN2O2. The van der Waals surface area contributed by atoms with Gasteiger partial charge in [-0.3, -0.25) is 9.63 Å². The minimum Gasteiger partial charge on any atom is -0.368 e. The average Bonchev–Trinajstić information content (AvgIpc) is 2.23. The number of rotatable bonds is 1. The molecule has 0 spiro atoms. The summed E-state index contributed by atoms with van der Waals surface area (Å²) in [5, 5.41) is 0. The van der Waals surface area contributed by atoms with Crippen LogP contribution >= 0.6 is 0 Å². The molecule has 5 unspecified atom stereocenters. The van der Waals surface area contributed by atoms with E-state index in [0.29, 0.717) is 18.8 Å². The van der Waals surface area contributed by atoms with Crippen molar-refractivity contribution in [3.63, 3.8) is 0 Å². The molecule has 4 nitrogen and oxygen atoms in total. The van der Waals surface area contributed by atoms with Crippen LogP contribution in [0.25, 0.3) is 0 Å². The fraction of sp³-hybridized carbons (Fsp3) is 0.900. The SMILES string of the molecule is CC1CCC(F)C2CC(C(N)=O)NOC12. The van der Waals surface area contributed by atoms with Gasteiger partial charge in [-0.1, -0.05) is 6.92 Å². The van der Waals surface area contributed by atoms with Crippen LogP contribution in [0.3, 0.4) is 0 Å². The fourth-order valence-electron chi connectivity index (χ4n) is 2.57. The van der Waals surface area contributed by atoms with Crippen molar-refractivity contribution in [2.24, 2.45) is 17.6 Å². The number of carbonyl (C=O) groups excluding carboxylic acids is 1. The van der Waals surface area contributed by atoms with Gasteiger partial charge in [0.15, 0.2) is 0 Å². The first-order valence-electron chi connectivity index (χ1n) is 5.44. The number of fused-ring (bicyclic) bond motifs is 1. The van der Waals surface area contributed by atoms with Crippen molar-refractivity contribution in [1.82, 2.24) is 5.48 Å². The zero-order valence-corrected chi connectivity index (χ0v) is 8.78. The molecule has 15 heavy (non-hydrogen) atoms. The first kappa shape index (κ1) is 10.8. The summed E-state index contributed by atoms with van der Waals surface area (Å²) >= 11 is 0. The summed E-state index contributed by atoms with van der Waals surface area (Å²) < 4.78 is 13.7. The van der Waals surface area contributed by atoms with Gasteiger partial charge in [0.25, 0.3) is 0 Å². The number of hydrogen-bond donors (Lipinski definition) is 2. The number of hydroxylamine groups is 1. The van der Waals surface area contributed by atoms with Gasteiger partial charge in [0, 0.05) is 5.92 Å². The molecule has 0 bridgehead atoms. The molecule has 0 radical (unpaired) electrons. The lowest BCUT2D eigenvalue weighted by atomic mass is 9.75. The van der Waals surface area contributed by atoms with Gasteiger partial charge >= 0.3 is 0 Å². The van der Waals surface area contributed by atoms with Gasteiger partial charge in [0.2, 0.25) is 5.91 Å². The predicted molar refractivity (Wildman–Crippen MR) is 52.4 cm³/mol. The third kappa shape index (κ3) is 1.99. The molecule has 5 atom stereocenters. The number of alkyl halides is 1. The lowest BCUT2D eigenvalue weighted by Gasteiger charge is -2.43. The molecule has 1 amide bonds. The monoisotopic (exact) mass is 216 g/mol. The molecule has 1 aliphatic carbocycles. The summed E-state index contributed by atoms with van der Waals surface area (Å²) in [6, 6.07) is -0.546. The molecule has 0 aromatic heterocycles. The Bertz CT molecular complexity index is 262. The van der Waals surface area contributed by atoms with E-state index < -0.39 is 18.1 Å². The van der Waals surface area contributed by atoms with Crippen LogP contribution in [0.2, 0.25) is 0 Å². The zero-order valence-electron chi connectivity index (χ0n) is 8.78. The van der Waals surface area contributed by atoms with E-state index in [1.165, 1.54) is 0 Å². The molecule has 2 aliphatic rings. The van der Waals surface area contributed by atoms with Gasteiger partial charge in [0.05, 0.1) is 6.10 Å². The number of nitrogens with two attached hydrogens (primary N) is 1. The van der Waals surface area contributed by atoms with E-state index in [1.807, 2.05) is 0 Å². The number of hydrogen-bond acceptors (Lipinski definition) is 3. The predicted octanol–water partition coefficient (Wildman–Crippen LogP) is 0.518. The summed E-state index contributed by atoms with van der Waals surface area (Å²) in [6.45, 7) is 2.05. The third-order valence-corrected chi connectivity index (χ3v) is 3.54. The smallest absolute Gasteiger partial charge is 0.236 e. The maximum atomic E-state index is 13.7. The normalized spacial score (nSPS) is 45.9. The van der Waals surface area contributed by atoms with Gasteiger partial charge in [-0.2, -0.15) is 5.48 Å². The molecular weight excluding hydrogens is 199 g/mol. The zero-order chi connectivity index (χ0) is 11.0. The van der Waals surface area contributed by atoms with E-state index in [2.05, 4.69) is 12.4 Å². The van der Waals surface area contributed by atoms with E-state index in [9.17, 15) is 9.18 Å². The molecule has 1 saturated heterocycles. The van der Waals surface area contributed by atoms with Crippen molar-refractivity contribution in [3.05, 3.63) is 0 Å². The largest absolute Gasteiger partial charge is 0.368 e. The van der Waals surface area contributed by atoms with Crippen LogP contribution in [0, 0.1) is 11.8 Å². The van der Waals surface area contributed by atoms with Gasteiger partial charge in [0.1, 0.15) is 12.2 Å². The molecule has 1 saturated carbocycles. The Morgan fingerprint density at radius 2 is 2.27 bits per heavy atom. The van der Waals surface area contributed by atoms with Crippen molar-refractivity contribution < 1.29 is 14.0 Å². The standard InChI is InChI=1S/C10H17FN2O2/c1-5-2-3-7(11)6-4-8(10(12)14)13-15-9(5)6/h5-9,13H,2-4H2,1H3,(H2,12,14). The summed E-state index contributed by atoms with van der Waals surface area (Å²) in [4.78, 5) is 16.3. The van der Waals surface area contributed by atoms with E-state index in [1.54, 1.807) is 0 Å². The summed E-state index contributed by atoms with van der Waals surface area (Å²) in [5.41, 5.74) is 7.79. The van der Waals surface area contributed by atoms with Gasteiger partial charge in [-0.15, -0.1) is 0 Å². The highest BCUT2D eigenvalue weighted by atomic mass is 19.1. The Morgan fingerprint density at radius 1 is 1.53 bits per heavy atom. The minimum absolute atomic E-state index is 0.121. The molecule has 3 N–H and O–H groups in total. The highest BCUT2D eigenvalue weighted by Crippen LogP contribution is 2.37. The first-order chi connectivity index (χ1) is 7.09. The summed E-state index contributed by atoms with van der Waals surface area (Å²) in [7, 11) is 0. The van der Waals surface area contributed by atoms with Gasteiger partial charge in [-0.25, -0.2) is 4.39 Å². The van der Waals surface area contributed by atoms with Crippen molar-refractivity contribution in [1.29, 1.82) is 0 Å². The first-order valence-corrected chi connectivity index (χ1v) is 5.44. The molecule has 2 rings (SSSR count). The highest BCUT2D eigenvalue weighted by Gasteiger charge is 2.44. The topological polar surface area (TPSA) is 64.4 Å². The fourth-order valence-corrected chi connectivity index (χ4v) is 2.57. The quantitative estimate of drug-likeness (QED) is 0.671. The Hall–Kier alpha value is -0.680. The molecule has 5 heteroatoms. The molecule has 2 fully saturated rings. The van der Waals surface area contributed by atoms with Crippen molar-refractivity contribution >= 4 is 5.91 Å². The Morgan fingerprint density at radius 3 is 2.93 bits per heavy atom. The minimum atomic E-state index is -0.866. The van der Waals surface area contributed by atoms with Crippen LogP contribution in [-0.2, 0) is 9.63 Å². The summed E-state index contributed by atoms with van der Waals surface area (Å²) in [5.74, 6) is -0.324. The van der Waals surface area contributed by atoms with Gasteiger partial charge < -0.3 is 5.73 Å². The van der Waals surface area contributed by atoms with Crippen LogP contribution in [0.5, 0.6) is 0 Å². The van der Waals surface area contributed by atoms with Crippen molar-refractivity contribution in [2.45, 2.75) is 44.5 Å². The number of carbonyl (C=O) groups is 1. The van der Waals surface area contributed by atoms with Crippen LogP contribution in [0.1, 0.15) is 26.2 Å². The lowest BCUT2D eigenvalue weighted by molar-refractivity contribution is -0.170. The van der Waals surface area contributed by atoms with Crippen LogP contribution in [0.15, 0.2) is 0 Å². The maximum Gasteiger partial charge on any atom is 0.236 e. The average molecular weight is 216 g/mol. The van der Waals surface area contributed by atoms with Crippen LogP contribution in [0.4, 0.5) is 4.39 Å². The maximum absolute atomic E-state index is 13.7. The molecule has 86 valence electrons. The van der Waals surface area contributed by atoms with E-state index in [-0.39, 0.29) is 12.0 Å². The number of nitrogens with one attached hydrogen (secondary N) is 1. The van der Waals surface area contributed by atoms with Gasteiger partial charge in [-0.05, 0) is 25.2 Å². The van der Waals surface area contributed by atoms with E-state index in [4.69, 9.17) is 10.6 Å². The van der Waals surface area contributed by atoms with Crippen LogP contribution in [-0.4, -0.2) is 24.2 Å². The highest BCUT2D eigenvalue weighted by molar-refractivity contribution is 5.79. The second-order valence-corrected chi connectivity index (χ2v) is 4.63. The van der Waals surface area contributed by atoms with Crippen molar-refractivity contribution in [2.75, 3.05) is 0 Å². The number of primary amides is 1. The second kappa shape index (κ2) is 4.06. The van der Waals surface area contributed by atoms with Crippen LogP contribution < -0.4 is 11.2 Å². The number of amides is 1. The van der Waals surface area contributed by atoms with Crippen molar-refractivity contribution in [3.8, 4) is 0 Å². The molecule has 0 aromatic rings. The second-order valence-electron chi connectivity index (χ2n) is 4.63. The Kier molecular flexibility index (Phi) is 2.93. The Balaban J connectivity index is 2.06.